The lowest BCUT2D eigenvalue weighted by molar-refractivity contribution is 0.768. The molecule has 0 saturated heterocycles. The van der Waals surface area contributed by atoms with E-state index in [0.29, 0.717) is 0 Å². The summed E-state index contributed by atoms with van der Waals surface area (Å²) < 4.78 is 0. The fourth-order valence-electron chi connectivity index (χ4n) is 8.27. The molecule has 0 aliphatic heterocycles. The van der Waals surface area contributed by atoms with Gasteiger partial charge in [-0.1, -0.05) is 176 Å². The largest absolute Gasteiger partial charge is 0.309 e. The van der Waals surface area contributed by atoms with Crippen LogP contribution in [0.3, 0.4) is 0 Å². The van der Waals surface area contributed by atoms with Crippen LogP contribution in [0.25, 0.3) is 27.8 Å². The number of fused-ring (bicyclic) bond motifs is 3. The minimum atomic E-state index is -0.469. The third kappa shape index (κ3) is 4.85. The van der Waals surface area contributed by atoms with Gasteiger partial charge in [0.15, 0.2) is 0 Å². The summed E-state index contributed by atoms with van der Waals surface area (Å²) in [5.41, 5.74) is 15.8. The van der Waals surface area contributed by atoms with Crippen molar-refractivity contribution in [3.05, 3.63) is 228 Å². The molecule has 0 saturated carbocycles. The highest BCUT2D eigenvalue weighted by Crippen LogP contribution is 2.59. The quantitative estimate of drug-likeness (QED) is 0.168. The Hall–Kier alpha value is -6.18. The van der Waals surface area contributed by atoms with Crippen molar-refractivity contribution in [3.63, 3.8) is 0 Å². The highest BCUT2D eigenvalue weighted by Gasteiger charge is 2.47. The van der Waals surface area contributed by atoms with Crippen LogP contribution in [-0.4, -0.2) is 0 Å². The summed E-state index contributed by atoms with van der Waals surface area (Å²) in [5, 5.41) is 0. The van der Waals surface area contributed by atoms with Gasteiger partial charge in [-0.2, -0.15) is 0 Å². The summed E-state index contributed by atoms with van der Waals surface area (Å²) in [5.74, 6) is 0. The molecule has 0 N–H and O–H groups in total. The van der Waals surface area contributed by atoms with Crippen LogP contribution in [0.2, 0.25) is 0 Å². The van der Waals surface area contributed by atoms with E-state index in [1.54, 1.807) is 0 Å². The van der Waals surface area contributed by atoms with Gasteiger partial charge < -0.3 is 4.90 Å². The molecule has 0 amide bonds. The minimum Gasteiger partial charge on any atom is -0.309 e. The molecule has 50 heavy (non-hydrogen) atoms. The molecule has 0 heterocycles. The standard InChI is InChI=1S/C49H37N/c1-5-18-36(19-6-1)37-32-34-41(35-33-37)50(46-30-16-14-26-42(46)38-20-7-2-8-21-38)47-31-17-29-45-48(47)43-27-13-15-28-44(43)49(45,39-22-9-3-10-23-39)40-24-11-4-12-25-40/h1-7,9-20,22-35H,8,21H2. The van der Waals surface area contributed by atoms with Crippen LogP contribution in [0.5, 0.6) is 0 Å². The van der Waals surface area contributed by atoms with Crippen LogP contribution in [-0.2, 0) is 5.41 Å². The van der Waals surface area contributed by atoms with Crippen LogP contribution in [0.15, 0.2) is 200 Å². The van der Waals surface area contributed by atoms with Gasteiger partial charge in [-0.3, -0.25) is 0 Å². The smallest absolute Gasteiger partial charge is 0.0714 e. The van der Waals surface area contributed by atoms with Crippen LogP contribution in [0, 0.1) is 0 Å². The second-order valence-corrected chi connectivity index (χ2v) is 13.2. The molecule has 0 atom stereocenters. The van der Waals surface area contributed by atoms with E-state index in [1.165, 1.54) is 67.0 Å². The zero-order valence-electron chi connectivity index (χ0n) is 27.9. The number of rotatable bonds is 7. The van der Waals surface area contributed by atoms with Crippen molar-refractivity contribution in [3.8, 4) is 22.3 Å². The van der Waals surface area contributed by atoms with Crippen LogP contribution >= 0.6 is 0 Å². The van der Waals surface area contributed by atoms with E-state index in [2.05, 4.69) is 205 Å². The van der Waals surface area contributed by atoms with Crippen LogP contribution in [0.4, 0.5) is 17.1 Å². The van der Waals surface area contributed by atoms with Crippen molar-refractivity contribution in [2.75, 3.05) is 4.90 Å². The molecule has 7 aromatic rings. The zero-order valence-corrected chi connectivity index (χ0v) is 27.9. The molecule has 0 radical (unpaired) electrons. The SMILES string of the molecule is C1=CCCC(c2ccccc2N(c2ccc(-c3ccccc3)cc2)c2cccc3c2-c2ccccc2C3(c2ccccc2)c2ccccc2)=C1. The number of nitrogens with zero attached hydrogens (tertiary/aromatic N) is 1. The number of hydrogen-bond donors (Lipinski definition) is 0. The average Bonchev–Trinajstić information content (AvgIpc) is 3.52. The van der Waals surface area contributed by atoms with E-state index in [4.69, 9.17) is 0 Å². The molecule has 0 fully saturated rings. The van der Waals surface area contributed by atoms with E-state index < -0.39 is 5.41 Å². The molecule has 2 aliphatic carbocycles. The van der Waals surface area contributed by atoms with E-state index in [9.17, 15) is 0 Å². The first-order chi connectivity index (χ1) is 24.8. The minimum absolute atomic E-state index is 0.469. The van der Waals surface area contributed by atoms with Crippen molar-refractivity contribution in [1.82, 2.24) is 0 Å². The van der Waals surface area contributed by atoms with Gasteiger partial charge in [0.25, 0.3) is 0 Å². The van der Waals surface area contributed by atoms with Crippen molar-refractivity contribution >= 4 is 22.6 Å². The van der Waals surface area contributed by atoms with E-state index in [1.807, 2.05) is 0 Å². The molecule has 0 unspecified atom stereocenters. The molecular formula is C49H37N. The maximum Gasteiger partial charge on any atom is 0.0714 e. The van der Waals surface area contributed by atoms with Gasteiger partial charge in [-0.25, -0.2) is 0 Å². The Bertz CT molecular complexity index is 2310. The highest BCUT2D eigenvalue weighted by atomic mass is 15.1. The highest BCUT2D eigenvalue weighted by molar-refractivity contribution is 5.99. The van der Waals surface area contributed by atoms with Gasteiger partial charge in [0.05, 0.1) is 16.8 Å². The molecule has 7 aromatic carbocycles. The second kappa shape index (κ2) is 12.7. The van der Waals surface area contributed by atoms with E-state index in [-0.39, 0.29) is 0 Å². The molecule has 1 nitrogen and oxygen atoms in total. The van der Waals surface area contributed by atoms with Gasteiger partial charge in [0.1, 0.15) is 0 Å². The molecule has 1 heteroatoms. The Morgan fingerprint density at radius 1 is 0.440 bits per heavy atom. The van der Waals surface area contributed by atoms with Crippen molar-refractivity contribution in [2.24, 2.45) is 0 Å². The topological polar surface area (TPSA) is 3.24 Å². The normalized spacial score (nSPS) is 14.0. The molecule has 0 spiro atoms. The fraction of sp³-hybridized carbons (Fsp3) is 0.0612. The second-order valence-electron chi connectivity index (χ2n) is 13.2. The van der Waals surface area contributed by atoms with E-state index >= 15 is 0 Å². The number of hydrogen-bond acceptors (Lipinski definition) is 1. The lowest BCUT2D eigenvalue weighted by Gasteiger charge is -2.34. The number of para-hydroxylation sites is 1. The lowest BCUT2D eigenvalue weighted by atomic mass is 9.68. The molecule has 238 valence electrons. The van der Waals surface area contributed by atoms with Crippen molar-refractivity contribution in [1.29, 1.82) is 0 Å². The third-order valence-corrected chi connectivity index (χ3v) is 10.4. The molecule has 0 aromatic heterocycles. The summed E-state index contributed by atoms with van der Waals surface area (Å²) >= 11 is 0. The third-order valence-electron chi connectivity index (χ3n) is 10.4. The average molecular weight is 640 g/mol. The van der Waals surface area contributed by atoms with Crippen LogP contribution in [0.1, 0.15) is 40.7 Å². The Labute approximate surface area is 295 Å². The monoisotopic (exact) mass is 639 g/mol. The van der Waals surface area contributed by atoms with Crippen molar-refractivity contribution in [2.45, 2.75) is 18.3 Å². The predicted octanol–water partition coefficient (Wildman–Crippen LogP) is 12.9. The van der Waals surface area contributed by atoms with Crippen molar-refractivity contribution < 1.29 is 0 Å². The molecule has 2 aliphatic rings. The van der Waals surface area contributed by atoms with Crippen LogP contribution < -0.4 is 4.90 Å². The first-order valence-electron chi connectivity index (χ1n) is 17.6. The Balaban J connectivity index is 1.34. The summed E-state index contributed by atoms with van der Waals surface area (Å²) in [6.07, 6.45) is 8.84. The molecular weight excluding hydrogens is 603 g/mol. The number of allylic oxidation sites excluding steroid dienone is 4. The first kappa shape index (κ1) is 29.9. The maximum atomic E-state index is 2.50. The lowest BCUT2D eigenvalue weighted by Crippen LogP contribution is -2.28. The van der Waals surface area contributed by atoms with Gasteiger partial charge >= 0.3 is 0 Å². The Morgan fingerprint density at radius 2 is 1.00 bits per heavy atom. The number of benzene rings is 7. The van der Waals surface area contributed by atoms with Gasteiger partial charge in [-0.05, 0) is 81.6 Å². The Kier molecular flexibility index (Phi) is 7.59. The van der Waals surface area contributed by atoms with E-state index in [0.717, 1.165) is 18.5 Å². The summed E-state index contributed by atoms with van der Waals surface area (Å²) in [4.78, 5) is 2.50. The summed E-state index contributed by atoms with van der Waals surface area (Å²) in [6, 6.07) is 66.8. The molecule has 9 rings (SSSR count). The van der Waals surface area contributed by atoms with Gasteiger partial charge in [-0.15, -0.1) is 0 Å². The maximum absolute atomic E-state index is 2.50. The van der Waals surface area contributed by atoms with Gasteiger partial charge in [0, 0.05) is 16.8 Å². The molecule has 0 bridgehead atoms. The van der Waals surface area contributed by atoms with Gasteiger partial charge in [0.2, 0.25) is 0 Å². The Morgan fingerprint density at radius 3 is 1.68 bits per heavy atom. The summed E-state index contributed by atoms with van der Waals surface area (Å²) in [6.45, 7) is 0. The predicted molar refractivity (Wildman–Crippen MR) is 210 cm³/mol. The first-order valence-corrected chi connectivity index (χ1v) is 17.6. The zero-order chi connectivity index (χ0) is 33.3. The summed E-state index contributed by atoms with van der Waals surface area (Å²) in [7, 11) is 0. The fourth-order valence-corrected chi connectivity index (χ4v) is 8.27. The number of anilines is 3.